The van der Waals surface area contributed by atoms with Gasteiger partial charge in [0.2, 0.25) is 0 Å². The number of rotatable bonds is 6. The third kappa shape index (κ3) is 8.07. The number of methoxy groups -OCH3 is 1. The largest absolute Gasteiger partial charge is 0.472 e. The van der Waals surface area contributed by atoms with Crippen LogP contribution in [0.15, 0.2) is 4.99 Å². The average Bonchev–Trinajstić information content (AvgIpc) is 2.37. The fourth-order valence-electron chi connectivity index (χ4n) is 1.34. The molecular formula is C12H23NO3S. The van der Waals surface area contributed by atoms with Crippen molar-refractivity contribution >= 4 is 23.1 Å². The van der Waals surface area contributed by atoms with Crippen molar-refractivity contribution in [3.63, 3.8) is 0 Å². The molecule has 0 aliphatic heterocycles. The molecule has 0 fully saturated rings. The molecule has 0 aromatic carbocycles. The Balaban J connectivity index is 4.10. The SMILES string of the molecule is CCCCC(CC)COC(=NC(=O)OC)SC. The van der Waals surface area contributed by atoms with E-state index in [1.54, 1.807) is 0 Å². The van der Waals surface area contributed by atoms with Crippen LogP contribution in [-0.4, -0.2) is 31.3 Å². The van der Waals surface area contributed by atoms with E-state index in [1.165, 1.54) is 31.7 Å². The first kappa shape index (κ1) is 16.3. The number of aliphatic imine (C=N–C) groups is 1. The van der Waals surface area contributed by atoms with Gasteiger partial charge in [-0.05, 0) is 18.6 Å². The van der Waals surface area contributed by atoms with Crippen molar-refractivity contribution in [1.82, 2.24) is 0 Å². The normalized spacial score (nSPS) is 13.3. The van der Waals surface area contributed by atoms with Gasteiger partial charge in [0.15, 0.2) is 0 Å². The number of ether oxygens (including phenoxy) is 2. The lowest BCUT2D eigenvalue weighted by atomic mass is 10.0. The van der Waals surface area contributed by atoms with Crippen LogP contribution in [0.1, 0.15) is 39.5 Å². The first-order valence-electron chi connectivity index (χ1n) is 6.01. The van der Waals surface area contributed by atoms with E-state index in [9.17, 15) is 4.79 Å². The lowest BCUT2D eigenvalue weighted by Gasteiger charge is -2.15. The molecule has 0 aliphatic rings. The van der Waals surface area contributed by atoms with Crippen molar-refractivity contribution in [3.05, 3.63) is 0 Å². The topological polar surface area (TPSA) is 47.9 Å². The lowest BCUT2D eigenvalue weighted by molar-refractivity contribution is 0.180. The van der Waals surface area contributed by atoms with Gasteiger partial charge < -0.3 is 9.47 Å². The second kappa shape index (κ2) is 10.4. The second-order valence-electron chi connectivity index (χ2n) is 3.78. The summed E-state index contributed by atoms with van der Waals surface area (Å²) in [5.74, 6) is 0.532. The highest BCUT2D eigenvalue weighted by Gasteiger charge is 2.09. The molecule has 0 bridgehead atoms. The van der Waals surface area contributed by atoms with Crippen LogP contribution in [0.3, 0.4) is 0 Å². The van der Waals surface area contributed by atoms with Gasteiger partial charge in [-0.15, -0.1) is 4.99 Å². The maximum Gasteiger partial charge on any atom is 0.437 e. The smallest absolute Gasteiger partial charge is 0.437 e. The summed E-state index contributed by atoms with van der Waals surface area (Å²) >= 11 is 1.32. The number of hydrogen-bond donors (Lipinski definition) is 0. The van der Waals surface area contributed by atoms with Gasteiger partial charge in [0.25, 0.3) is 5.23 Å². The Kier molecular flexibility index (Phi) is 10.0. The van der Waals surface area contributed by atoms with Crippen LogP contribution >= 0.6 is 11.8 Å². The maximum atomic E-state index is 11.0. The zero-order valence-electron chi connectivity index (χ0n) is 11.2. The molecule has 0 saturated carbocycles. The van der Waals surface area contributed by atoms with Crippen molar-refractivity contribution < 1.29 is 14.3 Å². The maximum absolute atomic E-state index is 11.0. The van der Waals surface area contributed by atoms with Gasteiger partial charge in [0.1, 0.15) is 0 Å². The standard InChI is InChI=1S/C12H23NO3S/c1-5-7-8-10(6-2)9-16-12(17-4)13-11(14)15-3/h10H,5-9H2,1-4H3. The van der Waals surface area contributed by atoms with E-state index in [1.807, 2.05) is 6.26 Å². The summed E-state index contributed by atoms with van der Waals surface area (Å²) in [7, 11) is 1.31. The molecule has 4 nitrogen and oxygen atoms in total. The van der Waals surface area contributed by atoms with E-state index in [0.29, 0.717) is 17.8 Å². The molecule has 0 spiro atoms. The first-order valence-corrected chi connectivity index (χ1v) is 7.23. The Morgan fingerprint density at radius 2 is 2.12 bits per heavy atom. The van der Waals surface area contributed by atoms with Crippen LogP contribution in [0.5, 0.6) is 0 Å². The molecule has 0 saturated heterocycles. The molecule has 1 amide bonds. The Morgan fingerprint density at radius 3 is 2.59 bits per heavy atom. The van der Waals surface area contributed by atoms with Gasteiger partial charge in [-0.25, -0.2) is 4.79 Å². The van der Waals surface area contributed by atoms with Crippen LogP contribution in [-0.2, 0) is 9.47 Å². The lowest BCUT2D eigenvalue weighted by Crippen LogP contribution is -2.13. The third-order valence-electron chi connectivity index (χ3n) is 2.52. The zero-order valence-corrected chi connectivity index (χ0v) is 12.0. The molecule has 5 heteroatoms. The van der Waals surface area contributed by atoms with Gasteiger partial charge >= 0.3 is 6.09 Å². The highest BCUT2D eigenvalue weighted by atomic mass is 32.2. The molecule has 0 aromatic heterocycles. The van der Waals surface area contributed by atoms with Crippen LogP contribution in [0, 0.1) is 5.92 Å². The fourth-order valence-corrected chi connectivity index (χ4v) is 1.70. The van der Waals surface area contributed by atoms with Crippen LogP contribution in [0.4, 0.5) is 4.79 Å². The van der Waals surface area contributed by atoms with E-state index in [4.69, 9.17) is 4.74 Å². The number of amides is 1. The fraction of sp³-hybridized carbons (Fsp3) is 0.833. The average molecular weight is 261 g/mol. The summed E-state index contributed by atoms with van der Waals surface area (Å²) in [5.41, 5.74) is 0. The number of thioether (sulfide) groups is 1. The Labute approximate surface area is 108 Å². The summed E-state index contributed by atoms with van der Waals surface area (Å²) in [6, 6.07) is 0. The molecule has 0 aliphatic carbocycles. The number of hydrogen-bond acceptors (Lipinski definition) is 4. The molecule has 0 radical (unpaired) electrons. The molecule has 100 valence electrons. The molecule has 17 heavy (non-hydrogen) atoms. The summed E-state index contributed by atoms with van der Waals surface area (Å²) in [6.45, 7) is 4.95. The van der Waals surface area contributed by atoms with Crippen LogP contribution in [0.2, 0.25) is 0 Å². The number of carbonyl (C=O) groups is 1. The van der Waals surface area contributed by atoms with Gasteiger partial charge in [-0.2, -0.15) is 0 Å². The minimum Gasteiger partial charge on any atom is -0.472 e. The molecule has 0 aromatic rings. The van der Waals surface area contributed by atoms with Crippen molar-refractivity contribution in [1.29, 1.82) is 0 Å². The van der Waals surface area contributed by atoms with E-state index in [0.717, 1.165) is 12.8 Å². The van der Waals surface area contributed by atoms with Crippen molar-refractivity contribution in [2.45, 2.75) is 39.5 Å². The minimum atomic E-state index is -0.615. The van der Waals surface area contributed by atoms with Crippen LogP contribution < -0.4 is 0 Å². The summed E-state index contributed by atoms with van der Waals surface area (Å²) < 4.78 is 9.99. The highest BCUT2D eigenvalue weighted by Crippen LogP contribution is 2.14. The molecule has 0 rings (SSSR count). The highest BCUT2D eigenvalue weighted by molar-refractivity contribution is 8.13. The molecule has 1 unspecified atom stereocenters. The number of unbranched alkanes of at least 4 members (excludes halogenated alkanes) is 1. The van der Waals surface area contributed by atoms with E-state index in [2.05, 4.69) is 23.6 Å². The number of carbonyl (C=O) groups excluding carboxylic acids is 1. The third-order valence-corrected chi connectivity index (χ3v) is 3.08. The molecule has 1 atom stereocenters. The van der Waals surface area contributed by atoms with Gasteiger partial charge in [-0.1, -0.05) is 44.9 Å². The Bertz CT molecular complexity index is 244. The van der Waals surface area contributed by atoms with E-state index >= 15 is 0 Å². The van der Waals surface area contributed by atoms with Gasteiger partial charge in [0.05, 0.1) is 13.7 Å². The van der Waals surface area contributed by atoms with Gasteiger partial charge in [-0.3, -0.25) is 0 Å². The summed E-state index contributed by atoms with van der Waals surface area (Å²) in [4.78, 5) is 14.7. The summed E-state index contributed by atoms with van der Waals surface area (Å²) in [5, 5.41) is 0.381. The number of nitrogens with zero attached hydrogens (tertiary/aromatic N) is 1. The van der Waals surface area contributed by atoms with Gasteiger partial charge in [0, 0.05) is 0 Å². The minimum absolute atomic E-state index is 0.381. The Hall–Kier alpha value is -0.710. The first-order chi connectivity index (χ1) is 8.17. The van der Waals surface area contributed by atoms with Crippen LogP contribution in [0.25, 0.3) is 0 Å². The van der Waals surface area contributed by atoms with E-state index in [-0.39, 0.29) is 0 Å². The molecule has 0 N–H and O–H groups in total. The molecular weight excluding hydrogens is 238 g/mol. The van der Waals surface area contributed by atoms with Crippen molar-refractivity contribution in [2.75, 3.05) is 20.0 Å². The quantitative estimate of drug-likeness (QED) is 0.540. The second-order valence-corrected chi connectivity index (χ2v) is 4.54. The predicted octanol–water partition coefficient (Wildman–Crippen LogP) is 3.70. The monoisotopic (exact) mass is 261 g/mol. The predicted molar refractivity (Wildman–Crippen MR) is 72.6 cm³/mol. The summed E-state index contributed by atoms with van der Waals surface area (Å²) in [6.07, 6.45) is 5.87. The zero-order chi connectivity index (χ0) is 13.1. The molecule has 0 heterocycles. The Morgan fingerprint density at radius 1 is 1.41 bits per heavy atom. The van der Waals surface area contributed by atoms with E-state index < -0.39 is 6.09 Å². The van der Waals surface area contributed by atoms with Crippen molar-refractivity contribution in [3.8, 4) is 0 Å². The van der Waals surface area contributed by atoms with Crippen molar-refractivity contribution in [2.24, 2.45) is 10.9 Å².